The van der Waals surface area contributed by atoms with Gasteiger partial charge in [0, 0.05) is 6.42 Å². The van der Waals surface area contributed by atoms with E-state index in [4.69, 9.17) is 0 Å². The highest BCUT2D eigenvalue weighted by Gasteiger charge is 2.20. The van der Waals surface area contributed by atoms with Crippen LogP contribution in [0.25, 0.3) is 0 Å². The lowest BCUT2D eigenvalue weighted by Gasteiger charge is -2.22. The Labute approximate surface area is 427 Å². The summed E-state index contributed by atoms with van der Waals surface area (Å²) in [4.78, 5) is 12.5. The Morgan fingerprint density at radius 2 is 0.603 bits per heavy atom. The summed E-state index contributed by atoms with van der Waals surface area (Å²) in [7, 11) is 0. The number of unbranched alkanes of at least 4 members (excludes halogenated alkanes) is 45. The molecular formula is C64H123NO3. The lowest BCUT2D eigenvalue weighted by molar-refractivity contribution is -0.123. The van der Waals surface area contributed by atoms with Crippen molar-refractivity contribution in [2.24, 2.45) is 0 Å². The number of amides is 1. The van der Waals surface area contributed by atoms with E-state index in [0.29, 0.717) is 12.8 Å². The molecule has 0 aliphatic rings. The zero-order valence-corrected chi connectivity index (χ0v) is 46.4. The van der Waals surface area contributed by atoms with E-state index >= 15 is 0 Å². The summed E-state index contributed by atoms with van der Waals surface area (Å²) in [6, 6.07) is -0.543. The fourth-order valence-corrected chi connectivity index (χ4v) is 9.90. The molecule has 4 heteroatoms. The molecule has 0 heterocycles. The number of hydrogen-bond donors (Lipinski definition) is 3. The fraction of sp³-hybridized carbons (Fsp3) is 0.891. The number of aliphatic hydroxyl groups is 2. The number of aliphatic hydroxyl groups excluding tert-OH is 2. The molecule has 4 nitrogen and oxygen atoms in total. The summed E-state index contributed by atoms with van der Waals surface area (Å²) >= 11 is 0. The maximum Gasteiger partial charge on any atom is 0.220 e. The number of allylic oxidation sites excluding steroid dienone is 6. The number of carbonyl (C=O) groups excluding carboxylic acids is 1. The van der Waals surface area contributed by atoms with E-state index in [2.05, 4.69) is 55.6 Å². The third-order valence-corrected chi connectivity index (χ3v) is 14.7. The van der Waals surface area contributed by atoms with Gasteiger partial charge >= 0.3 is 0 Å². The van der Waals surface area contributed by atoms with Gasteiger partial charge in [-0.15, -0.1) is 0 Å². The summed E-state index contributed by atoms with van der Waals surface area (Å²) in [6.45, 7) is 4.38. The highest BCUT2D eigenvalue weighted by atomic mass is 16.3. The average molecular weight is 955 g/mol. The molecule has 3 N–H and O–H groups in total. The van der Waals surface area contributed by atoms with Gasteiger partial charge in [0.05, 0.1) is 18.8 Å². The van der Waals surface area contributed by atoms with Crippen molar-refractivity contribution in [3.05, 3.63) is 36.5 Å². The van der Waals surface area contributed by atoms with Crippen LogP contribution in [0.15, 0.2) is 36.5 Å². The van der Waals surface area contributed by atoms with Crippen LogP contribution in [0.5, 0.6) is 0 Å². The van der Waals surface area contributed by atoms with Crippen LogP contribution in [-0.4, -0.2) is 34.9 Å². The van der Waals surface area contributed by atoms with Crippen molar-refractivity contribution in [1.29, 1.82) is 0 Å². The zero-order chi connectivity index (χ0) is 49.2. The van der Waals surface area contributed by atoms with Crippen molar-refractivity contribution in [1.82, 2.24) is 5.32 Å². The van der Waals surface area contributed by atoms with Crippen LogP contribution < -0.4 is 5.32 Å². The predicted octanol–water partition coefficient (Wildman–Crippen LogP) is 20.8. The van der Waals surface area contributed by atoms with Crippen molar-refractivity contribution < 1.29 is 15.0 Å². The third kappa shape index (κ3) is 55.5. The molecule has 0 aliphatic heterocycles. The first-order valence-corrected chi connectivity index (χ1v) is 31.2. The Morgan fingerprint density at radius 3 is 0.897 bits per heavy atom. The van der Waals surface area contributed by atoms with Gasteiger partial charge in [0.1, 0.15) is 0 Å². The molecule has 2 atom stereocenters. The summed E-state index contributed by atoms with van der Waals surface area (Å²) in [5.41, 5.74) is 0. The normalized spacial score (nSPS) is 12.9. The van der Waals surface area contributed by atoms with Gasteiger partial charge in [-0.2, -0.15) is 0 Å². The first kappa shape index (κ1) is 66.6. The number of hydrogen-bond acceptors (Lipinski definition) is 3. The molecule has 0 fully saturated rings. The molecule has 0 aliphatic carbocycles. The highest BCUT2D eigenvalue weighted by molar-refractivity contribution is 5.76. The molecule has 402 valence electrons. The molecule has 0 aromatic rings. The Bertz CT molecular complexity index is 1040. The van der Waals surface area contributed by atoms with Crippen molar-refractivity contribution in [2.75, 3.05) is 6.61 Å². The minimum absolute atomic E-state index is 0.0341. The smallest absolute Gasteiger partial charge is 0.220 e. The van der Waals surface area contributed by atoms with Crippen LogP contribution in [-0.2, 0) is 4.79 Å². The second-order valence-electron chi connectivity index (χ2n) is 21.5. The van der Waals surface area contributed by atoms with E-state index < -0.39 is 12.1 Å². The summed E-state index contributed by atoms with van der Waals surface area (Å²) in [5, 5.41) is 23.4. The SMILES string of the molecule is CCCCCCC/C=C\C/C=C\C/C=C\CCCCCCCCCCC(=O)NC(CO)C(O)CCCCCCCCCCCCCCCCCCCCCCCCCCCCCCCCCCC. The van der Waals surface area contributed by atoms with Crippen LogP contribution in [0, 0.1) is 0 Å². The van der Waals surface area contributed by atoms with Crippen molar-refractivity contribution in [3.63, 3.8) is 0 Å². The second-order valence-corrected chi connectivity index (χ2v) is 21.5. The summed E-state index contributed by atoms with van der Waals surface area (Å²) in [6.07, 6.45) is 81.6. The van der Waals surface area contributed by atoms with Gasteiger partial charge in [0.15, 0.2) is 0 Å². The van der Waals surface area contributed by atoms with E-state index in [9.17, 15) is 15.0 Å². The van der Waals surface area contributed by atoms with Crippen LogP contribution >= 0.6 is 0 Å². The fourth-order valence-electron chi connectivity index (χ4n) is 9.90. The van der Waals surface area contributed by atoms with E-state index in [1.807, 2.05) is 0 Å². The number of nitrogens with one attached hydrogen (secondary N) is 1. The van der Waals surface area contributed by atoms with Gasteiger partial charge in [-0.25, -0.2) is 0 Å². The Hall–Kier alpha value is -1.39. The highest BCUT2D eigenvalue weighted by Crippen LogP contribution is 2.18. The predicted molar refractivity (Wildman–Crippen MR) is 304 cm³/mol. The standard InChI is InChI=1S/C64H123NO3/c1-3-5-7-9-11-13-15-17-19-21-23-25-27-28-29-30-31-32-33-34-35-36-38-39-41-43-45-47-49-51-53-55-57-59-63(67)62(61-66)65-64(68)60-58-56-54-52-50-48-46-44-42-40-37-26-24-22-20-18-16-14-12-10-8-6-4-2/h16,18,22,24,37,40,62-63,66-67H,3-15,17,19-21,23,25-36,38-39,41-61H2,1-2H3,(H,65,68)/b18-16-,24-22-,40-37-. The quantitative estimate of drug-likeness (QED) is 0.0420. The molecule has 0 saturated carbocycles. The molecular weight excluding hydrogens is 831 g/mol. The third-order valence-electron chi connectivity index (χ3n) is 14.7. The van der Waals surface area contributed by atoms with Gasteiger partial charge in [-0.1, -0.05) is 326 Å². The molecule has 0 rings (SSSR count). The van der Waals surface area contributed by atoms with Crippen LogP contribution in [0.4, 0.5) is 0 Å². The molecule has 1 amide bonds. The molecule has 0 aromatic carbocycles. The molecule has 0 spiro atoms. The Morgan fingerprint density at radius 1 is 0.353 bits per heavy atom. The van der Waals surface area contributed by atoms with Crippen LogP contribution in [0.1, 0.15) is 348 Å². The molecule has 0 saturated heterocycles. The van der Waals surface area contributed by atoms with Crippen molar-refractivity contribution >= 4 is 5.91 Å². The van der Waals surface area contributed by atoms with Crippen LogP contribution in [0.3, 0.4) is 0 Å². The first-order chi connectivity index (χ1) is 33.7. The largest absolute Gasteiger partial charge is 0.394 e. The minimum Gasteiger partial charge on any atom is -0.394 e. The van der Waals surface area contributed by atoms with Gasteiger partial charge < -0.3 is 15.5 Å². The first-order valence-electron chi connectivity index (χ1n) is 31.2. The lowest BCUT2D eigenvalue weighted by atomic mass is 10.0. The molecule has 68 heavy (non-hydrogen) atoms. The monoisotopic (exact) mass is 954 g/mol. The minimum atomic E-state index is -0.665. The summed E-state index contributed by atoms with van der Waals surface area (Å²) in [5.74, 6) is -0.0341. The number of carbonyl (C=O) groups is 1. The van der Waals surface area contributed by atoms with Gasteiger partial charge in [0.2, 0.25) is 5.91 Å². The molecule has 2 unspecified atom stereocenters. The second kappa shape index (κ2) is 59.9. The van der Waals surface area contributed by atoms with Gasteiger partial charge in [0.25, 0.3) is 0 Å². The molecule has 0 bridgehead atoms. The Kier molecular flexibility index (Phi) is 58.7. The number of rotatable bonds is 58. The van der Waals surface area contributed by atoms with E-state index in [-0.39, 0.29) is 12.5 Å². The summed E-state index contributed by atoms with van der Waals surface area (Å²) < 4.78 is 0. The van der Waals surface area contributed by atoms with Crippen molar-refractivity contribution in [3.8, 4) is 0 Å². The molecule has 0 radical (unpaired) electrons. The molecule has 0 aromatic heterocycles. The van der Waals surface area contributed by atoms with Gasteiger partial charge in [-0.3, -0.25) is 4.79 Å². The van der Waals surface area contributed by atoms with Crippen molar-refractivity contribution in [2.45, 2.75) is 360 Å². The van der Waals surface area contributed by atoms with Gasteiger partial charge in [-0.05, 0) is 51.4 Å². The zero-order valence-electron chi connectivity index (χ0n) is 46.4. The maximum atomic E-state index is 12.5. The van der Waals surface area contributed by atoms with Crippen LogP contribution in [0.2, 0.25) is 0 Å². The van der Waals surface area contributed by atoms with E-state index in [0.717, 1.165) is 38.5 Å². The van der Waals surface area contributed by atoms with E-state index in [1.165, 1.54) is 283 Å². The average Bonchev–Trinajstić information content (AvgIpc) is 3.34. The topological polar surface area (TPSA) is 69.6 Å². The Balaban J connectivity index is 3.42. The maximum absolute atomic E-state index is 12.5. The lowest BCUT2D eigenvalue weighted by Crippen LogP contribution is -2.45. The van der Waals surface area contributed by atoms with E-state index in [1.54, 1.807) is 0 Å².